The molecular formula is C16H21N3O2. The average molecular weight is 287 g/mol. The van der Waals surface area contributed by atoms with Crippen LogP contribution in [0.15, 0.2) is 36.0 Å². The number of hydrogen-bond acceptors (Lipinski definition) is 4. The van der Waals surface area contributed by atoms with E-state index in [1.807, 2.05) is 38.1 Å². The van der Waals surface area contributed by atoms with Gasteiger partial charge in [-0.05, 0) is 31.9 Å². The van der Waals surface area contributed by atoms with Gasteiger partial charge < -0.3 is 15.4 Å². The third-order valence-electron chi connectivity index (χ3n) is 2.82. The lowest BCUT2D eigenvalue weighted by molar-refractivity contribution is -0.112. The van der Waals surface area contributed by atoms with Gasteiger partial charge in [-0.3, -0.25) is 4.79 Å². The van der Waals surface area contributed by atoms with Crippen molar-refractivity contribution in [1.29, 1.82) is 5.26 Å². The zero-order valence-electron chi connectivity index (χ0n) is 12.5. The molecule has 0 radical (unpaired) electrons. The van der Waals surface area contributed by atoms with Gasteiger partial charge in [0.2, 0.25) is 0 Å². The number of anilines is 1. The van der Waals surface area contributed by atoms with Crippen molar-refractivity contribution < 1.29 is 9.53 Å². The average Bonchev–Trinajstić information content (AvgIpc) is 2.49. The molecule has 0 spiro atoms. The number of carbonyl (C=O) groups excluding carboxylic acids is 1. The second-order valence-electron chi connectivity index (χ2n) is 4.44. The highest BCUT2D eigenvalue weighted by atomic mass is 16.5. The molecule has 5 nitrogen and oxygen atoms in total. The third-order valence-corrected chi connectivity index (χ3v) is 2.82. The van der Waals surface area contributed by atoms with Gasteiger partial charge in [0.1, 0.15) is 11.6 Å². The lowest BCUT2D eigenvalue weighted by atomic mass is 10.2. The zero-order valence-corrected chi connectivity index (χ0v) is 12.5. The first-order valence-corrected chi connectivity index (χ1v) is 6.97. The van der Waals surface area contributed by atoms with Crippen molar-refractivity contribution in [3.8, 4) is 6.07 Å². The summed E-state index contributed by atoms with van der Waals surface area (Å²) in [6.07, 6.45) is 2.27. The predicted octanol–water partition coefficient (Wildman–Crippen LogP) is 2.36. The SMILES string of the molecule is CCOCCCN/C=C(/C#N)C(=O)Nc1ccccc1C. The minimum absolute atomic E-state index is 0.0506. The Bertz CT molecular complexity index is 533. The summed E-state index contributed by atoms with van der Waals surface area (Å²) in [5.41, 5.74) is 1.71. The van der Waals surface area contributed by atoms with E-state index in [0.29, 0.717) is 25.4 Å². The Kier molecular flexibility index (Phi) is 7.62. The highest BCUT2D eigenvalue weighted by Gasteiger charge is 2.09. The summed E-state index contributed by atoms with van der Waals surface area (Å²) in [5, 5.41) is 14.7. The van der Waals surface area contributed by atoms with Gasteiger partial charge in [0.05, 0.1) is 0 Å². The molecular weight excluding hydrogens is 266 g/mol. The Morgan fingerprint density at radius 3 is 2.86 bits per heavy atom. The number of nitriles is 1. The first-order chi connectivity index (χ1) is 10.2. The number of nitrogens with one attached hydrogen (secondary N) is 2. The van der Waals surface area contributed by atoms with Crippen molar-refractivity contribution >= 4 is 11.6 Å². The number of amides is 1. The third kappa shape index (κ3) is 6.11. The Hall–Kier alpha value is -2.32. The molecule has 1 rings (SSSR count). The topological polar surface area (TPSA) is 74.1 Å². The van der Waals surface area contributed by atoms with E-state index in [1.54, 1.807) is 6.07 Å². The van der Waals surface area contributed by atoms with Crippen LogP contribution in [-0.4, -0.2) is 25.7 Å². The van der Waals surface area contributed by atoms with Crippen LogP contribution >= 0.6 is 0 Å². The second kappa shape index (κ2) is 9.56. The van der Waals surface area contributed by atoms with Gasteiger partial charge in [0.25, 0.3) is 5.91 Å². The number of carbonyl (C=O) groups is 1. The molecule has 0 saturated heterocycles. The number of ether oxygens (including phenoxy) is 1. The summed E-state index contributed by atoms with van der Waals surface area (Å²) in [5.74, 6) is -0.413. The molecule has 1 aromatic rings. The van der Waals surface area contributed by atoms with E-state index in [9.17, 15) is 4.79 Å². The lowest BCUT2D eigenvalue weighted by Crippen LogP contribution is -2.18. The molecule has 0 atom stereocenters. The van der Waals surface area contributed by atoms with Crippen molar-refractivity contribution in [2.45, 2.75) is 20.3 Å². The van der Waals surface area contributed by atoms with Crippen molar-refractivity contribution in [3.05, 3.63) is 41.6 Å². The number of benzene rings is 1. The van der Waals surface area contributed by atoms with Crippen LogP contribution in [0.4, 0.5) is 5.69 Å². The summed E-state index contributed by atoms with van der Waals surface area (Å²) in [4.78, 5) is 12.0. The van der Waals surface area contributed by atoms with Gasteiger partial charge in [0.15, 0.2) is 0 Å². The molecule has 0 bridgehead atoms. The van der Waals surface area contributed by atoms with Crippen molar-refractivity contribution in [3.63, 3.8) is 0 Å². The summed E-state index contributed by atoms with van der Waals surface area (Å²) >= 11 is 0. The minimum Gasteiger partial charge on any atom is -0.390 e. The number of aryl methyl sites for hydroxylation is 1. The van der Waals surface area contributed by atoms with Crippen LogP contribution in [0.1, 0.15) is 18.9 Å². The Labute approximate surface area is 125 Å². The van der Waals surface area contributed by atoms with Crippen molar-refractivity contribution in [2.75, 3.05) is 25.1 Å². The number of para-hydroxylation sites is 1. The van der Waals surface area contributed by atoms with E-state index in [-0.39, 0.29) is 5.57 Å². The molecule has 0 aliphatic heterocycles. The molecule has 0 saturated carbocycles. The van der Waals surface area contributed by atoms with Crippen LogP contribution in [-0.2, 0) is 9.53 Å². The number of nitrogens with zero attached hydrogens (tertiary/aromatic N) is 1. The maximum absolute atomic E-state index is 12.0. The standard InChI is InChI=1S/C16H21N3O2/c1-3-21-10-6-9-18-12-14(11-17)16(20)19-15-8-5-4-7-13(15)2/h4-5,7-8,12,18H,3,6,9-10H2,1-2H3,(H,19,20)/b14-12-. The molecule has 2 N–H and O–H groups in total. The smallest absolute Gasteiger partial charge is 0.267 e. The predicted molar refractivity (Wildman–Crippen MR) is 82.6 cm³/mol. The van der Waals surface area contributed by atoms with Gasteiger partial charge in [-0.2, -0.15) is 5.26 Å². The first kappa shape index (κ1) is 16.7. The Morgan fingerprint density at radius 2 is 2.19 bits per heavy atom. The van der Waals surface area contributed by atoms with Gasteiger partial charge in [-0.15, -0.1) is 0 Å². The Balaban J connectivity index is 2.50. The first-order valence-electron chi connectivity index (χ1n) is 6.97. The van der Waals surface area contributed by atoms with Crippen LogP contribution in [0.2, 0.25) is 0 Å². The van der Waals surface area contributed by atoms with E-state index in [0.717, 1.165) is 12.0 Å². The molecule has 0 unspecified atom stereocenters. The highest BCUT2D eigenvalue weighted by Crippen LogP contribution is 2.13. The maximum Gasteiger partial charge on any atom is 0.267 e. The quantitative estimate of drug-likeness (QED) is 0.437. The number of hydrogen-bond donors (Lipinski definition) is 2. The lowest BCUT2D eigenvalue weighted by Gasteiger charge is -2.07. The summed E-state index contributed by atoms with van der Waals surface area (Å²) in [6, 6.07) is 9.33. The molecule has 0 aliphatic carbocycles. The molecule has 0 aromatic heterocycles. The normalized spacial score (nSPS) is 10.8. The van der Waals surface area contributed by atoms with Gasteiger partial charge in [0, 0.05) is 31.6 Å². The van der Waals surface area contributed by atoms with Gasteiger partial charge in [-0.1, -0.05) is 18.2 Å². The monoisotopic (exact) mass is 287 g/mol. The summed E-state index contributed by atoms with van der Waals surface area (Å²) in [6.45, 7) is 5.85. The minimum atomic E-state index is -0.413. The van der Waals surface area contributed by atoms with Crippen LogP contribution in [0.5, 0.6) is 0 Å². The van der Waals surface area contributed by atoms with Gasteiger partial charge >= 0.3 is 0 Å². The van der Waals surface area contributed by atoms with Crippen molar-refractivity contribution in [2.24, 2.45) is 0 Å². The van der Waals surface area contributed by atoms with E-state index >= 15 is 0 Å². The van der Waals surface area contributed by atoms with Crippen molar-refractivity contribution in [1.82, 2.24) is 5.32 Å². The highest BCUT2D eigenvalue weighted by molar-refractivity contribution is 6.06. The van der Waals surface area contributed by atoms with Crippen LogP contribution in [0, 0.1) is 18.3 Å². The van der Waals surface area contributed by atoms with Gasteiger partial charge in [-0.25, -0.2) is 0 Å². The largest absolute Gasteiger partial charge is 0.390 e. The molecule has 5 heteroatoms. The molecule has 21 heavy (non-hydrogen) atoms. The van der Waals surface area contributed by atoms with E-state index in [2.05, 4.69) is 10.6 Å². The second-order valence-corrected chi connectivity index (χ2v) is 4.44. The van der Waals surface area contributed by atoms with E-state index < -0.39 is 5.91 Å². The molecule has 0 heterocycles. The molecule has 0 aliphatic rings. The molecule has 0 fully saturated rings. The van der Waals surface area contributed by atoms with Crippen LogP contribution in [0.3, 0.4) is 0 Å². The fourth-order valence-electron chi connectivity index (χ4n) is 1.65. The molecule has 112 valence electrons. The Morgan fingerprint density at radius 1 is 1.43 bits per heavy atom. The van der Waals surface area contributed by atoms with E-state index in [1.165, 1.54) is 6.20 Å². The van der Waals surface area contributed by atoms with Crippen LogP contribution in [0.25, 0.3) is 0 Å². The molecule has 1 amide bonds. The fourth-order valence-corrected chi connectivity index (χ4v) is 1.65. The maximum atomic E-state index is 12.0. The molecule has 1 aromatic carbocycles. The fraction of sp³-hybridized carbons (Fsp3) is 0.375. The van der Waals surface area contributed by atoms with Crippen LogP contribution < -0.4 is 10.6 Å². The van der Waals surface area contributed by atoms with E-state index in [4.69, 9.17) is 10.00 Å². The summed E-state index contributed by atoms with van der Waals surface area (Å²) in [7, 11) is 0. The summed E-state index contributed by atoms with van der Waals surface area (Å²) < 4.78 is 5.20. The number of rotatable bonds is 8. The zero-order chi connectivity index (χ0) is 15.5.